The van der Waals surface area contributed by atoms with Crippen LogP contribution >= 0.6 is 0 Å². The Labute approximate surface area is 139 Å². The van der Waals surface area contributed by atoms with E-state index in [0.29, 0.717) is 13.0 Å². The molecule has 0 aliphatic heterocycles. The second-order valence-corrected chi connectivity index (χ2v) is 6.50. The zero-order valence-electron chi connectivity index (χ0n) is 15.3. The van der Waals surface area contributed by atoms with Crippen molar-refractivity contribution in [1.29, 1.82) is 0 Å². The van der Waals surface area contributed by atoms with E-state index in [4.69, 9.17) is 4.74 Å². The zero-order chi connectivity index (χ0) is 16.3. The van der Waals surface area contributed by atoms with Crippen LogP contribution in [0.4, 0.5) is 0 Å². The van der Waals surface area contributed by atoms with E-state index < -0.39 is 0 Å². The Morgan fingerprint density at radius 1 is 0.591 bits per heavy atom. The third kappa shape index (κ3) is 17.5. The van der Waals surface area contributed by atoms with Gasteiger partial charge in [-0.05, 0) is 13.3 Å². The van der Waals surface area contributed by atoms with E-state index >= 15 is 0 Å². The van der Waals surface area contributed by atoms with Crippen LogP contribution in [-0.2, 0) is 9.53 Å². The summed E-state index contributed by atoms with van der Waals surface area (Å²) in [5, 5.41) is 0. The predicted octanol–water partition coefficient (Wildman–Crippen LogP) is 6.81. The molecule has 22 heavy (non-hydrogen) atoms. The summed E-state index contributed by atoms with van der Waals surface area (Å²) < 4.78 is 4.92. The van der Waals surface area contributed by atoms with Gasteiger partial charge in [0.15, 0.2) is 0 Å². The van der Waals surface area contributed by atoms with Gasteiger partial charge in [0.25, 0.3) is 0 Å². The maximum atomic E-state index is 11.2. The van der Waals surface area contributed by atoms with E-state index in [-0.39, 0.29) is 5.97 Å². The van der Waals surface area contributed by atoms with Crippen LogP contribution in [-0.4, -0.2) is 12.6 Å². The fourth-order valence-corrected chi connectivity index (χ4v) is 2.87. The fourth-order valence-electron chi connectivity index (χ4n) is 2.87. The van der Waals surface area contributed by atoms with Gasteiger partial charge >= 0.3 is 5.97 Å². The molecule has 0 aromatic heterocycles. The highest BCUT2D eigenvalue weighted by molar-refractivity contribution is 5.69. The van der Waals surface area contributed by atoms with Crippen molar-refractivity contribution in [3.8, 4) is 0 Å². The first kappa shape index (κ1) is 21.5. The molecular formula is C20H40O2. The molecule has 0 radical (unpaired) electrons. The van der Waals surface area contributed by atoms with Gasteiger partial charge in [-0.25, -0.2) is 0 Å². The van der Waals surface area contributed by atoms with Crippen molar-refractivity contribution >= 4 is 5.97 Å². The summed E-state index contributed by atoms with van der Waals surface area (Å²) in [5.41, 5.74) is 0. The van der Waals surface area contributed by atoms with Gasteiger partial charge in [0, 0.05) is 6.42 Å². The molecule has 0 atom stereocenters. The first-order chi connectivity index (χ1) is 10.8. The second kappa shape index (κ2) is 18.5. The highest BCUT2D eigenvalue weighted by Gasteiger charge is 2.00. The Balaban J connectivity index is 3.01. The Kier molecular flexibility index (Phi) is 18.1. The van der Waals surface area contributed by atoms with Crippen LogP contribution < -0.4 is 0 Å². The summed E-state index contributed by atoms with van der Waals surface area (Å²) in [5.74, 6) is -0.0304. The molecule has 0 spiro atoms. The highest BCUT2D eigenvalue weighted by Crippen LogP contribution is 2.13. The molecule has 0 aromatic carbocycles. The van der Waals surface area contributed by atoms with Crippen molar-refractivity contribution < 1.29 is 9.53 Å². The standard InChI is InChI=1S/C20H40O2/c1-3-5-6-7-8-9-10-11-12-13-14-15-16-17-18-19-20(21)22-4-2/h3-19H2,1-2H3. The number of esters is 1. The van der Waals surface area contributed by atoms with E-state index in [1.54, 1.807) is 0 Å². The Hall–Kier alpha value is -0.530. The van der Waals surface area contributed by atoms with Crippen molar-refractivity contribution in [2.24, 2.45) is 0 Å². The zero-order valence-corrected chi connectivity index (χ0v) is 15.3. The average molecular weight is 313 g/mol. The largest absolute Gasteiger partial charge is 0.466 e. The monoisotopic (exact) mass is 312 g/mol. The van der Waals surface area contributed by atoms with Crippen LogP contribution in [0, 0.1) is 0 Å². The molecule has 0 amide bonds. The van der Waals surface area contributed by atoms with E-state index in [1.807, 2.05) is 6.92 Å². The molecule has 0 heterocycles. The number of carbonyl (C=O) groups excluding carboxylic acids is 1. The van der Waals surface area contributed by atoms with Crippen LogP contribution in [0.25, 0.3) is 0 Å². The van der Waals surface area contributed by atoms with Crippen LogP contribution in [0.15, 0.2) is 0 Å². The number of ether oxygens (including phenoxy) is 1. The molecule has 132 valence electrons. The van der Waals surface area contributed by atoms with E-state index in [2.05, 4.69) is 6.92 Å². The Bertz CT molecular complexity index is 226. The molecule has 0 unspecified atom stereocenters. The summed E-state index contributed by atoms with van der Waals surface area (Å²) in [6.45, 7) is 4.66. The molecule has 0 N–H and O–H groups in total. The van der Waals surface area contributed by atoms with Crippen LogP contribution in [0.1, 0.15) is 117 Å². The quantitative estimate of drug-likeness (QED) is 0.218. The molecule has 0 fully saturated rings. The number of hydrogen-bond donors (Lipinski definition) is 0. The van der Waals surface area contributed by atoms with Gasteiger partial charge in [0.2, 0.25) is 0 Å². The van der Waals surface area contributed by atoms with E-state index in [1.165, 1.54) is 89.9 Å². The normalized spacial score (nSPS) is 10.8. The first-order valence-electron chi connectivity index (χ1n) is 9.96. The van der Waals surface area contributed by atoms with Gasteiger partial charge in [-0.2, -0.15) is 0 Å². The molecule has 0 aliphatic rings. The lowest BCUT2D eigenvalue weighted by molar-refractivity contribution is -0.143. The molecule has 2 nitrogen and oxygen atoms in total. The predicted molar refractivity (Wildman–Crippen MR) is 96.2 cm³/mol. The van der Waals surface area contributed by atoms with Crippen molar-refractivity contribution in [3.05, 3.63) is 0 Å². The minimum Gasteiger partial charge on any atom is -0.466 e. The molecular weight excluding hydrogens is 272 g/mol. The average Bonchev–Trinajstić information content (AvgIpc) is 2.51. The minimum atomic E-state index is -0.0304. The Morgan fingerprint density at radius 2 is 0.955 bits per heavy atom. The molecule has 0 aromatic rings. The van der Waals surface area contributed by atoms with E-state index in [0.717, 1.165) is 6.42 Å². The van der Waals surface area contributed by atoms with Gasteiger partial charge < -0.3 is 4.74 Å². The van der Waals surface area contributed by atoms with Crippen LogP contribution in [0.5, 0.6) is 0 Å². The smallest absolute Gasteiger partial charge is 0.305 e. The highest BCUT2D eigenvalue weighted by atomic mass is 16.5. The molecule has 0 aliphatic carbocycles. The van der Waals surface area contributed by atoms with Gasteiger partial charge in [0.05, 0.1) is 6.61 Å². The Morgan fingerprint density at radius 3 is 1.32 bits per heavy atom. The topological polar surface area (TPSA) is 26.3 Å². The van der Waals surface area contributed by atoms with Crippen LogP contribution in [0.2, 0.25) is 0 Å². The van der Waals surface area contributed by atoms with E-state index in [9.17, 15) is 4.79 Å². The second-order valence-electron chi connectivity index (χ2n) is 6.50. The molecule has 0 saturated heterocycles. The molecule has 0 saturated carbocycles. The SMILES string of the molecule is CCCCCCCCCCCCCCCCCC(=O)OCC. The van der Waals surface area contributed by atoms with Gasteiger partial charge in [-0.1, -0.05) is 96.8 Å². The third-order valence-corrected chi connectivity index (χ3v) is 4.29. The maximum absolute atomic E-state index is 11.2. The number of unbranched alkanes of at least 4 members (excludes halogenated alkanes) is 14. The maximum Gasteiger partial charge on any atom is 0.305 e. The molecule has 0 bridgehead atoms. The minimum absolute atomic E-state index is 0.0304. The number of hydrogen-bond acceptors (Lipinski definition) is 2. The summed E-state index contributed by atoms with van der Waals surface area (Å²) in [6, 6.07) is 0. The third-order valence-electron chi connectivity index (χ3n) is 4.29. The van der Waals surface area contributed by atoms with Crippen molar-refractivity contribution in [2.75, 3.05) is 6.61 Å². The fraction of sp³-hybridized carbons (Fsp3) is 0.950. The summed E-state index contributed by atoms with van der Waals surface area (Å²) in [7, 11) is 0. The number of carbonyl (C=O) groups is 1. The van der Waals surface area contributed by atoms with Gasteiger partial charge in [-0.3, -0.25) is 4.79 Å². The number of rotatable bonds is 17. The molecule has 2 heteroatoms. The summed E-state index contributed by atoms with van der Waals surface area (Å²) in [4.78, 5) is 11.2. The lowest BCUT2D eigenvalue weighted by Crippen LogP contribution is -2.03. The van der Waals surface area contributed by atoms with Crippen molar-refractivity contribution in [2.45, 2.75) is 117 Å². The lowest BCUT2D eigenvalue weighted by atomic mass is 10.0. The first-order valence-corrected chi connectivity index (χ1v) is 9.96. The molecule has 0 rings (SSSR count). The van der Waals surface area contributed by atoms with Crippen molar-refractivity contribution in [3.63, 3.8) is 0 Å². The van der Waals surface area contributed by atoms with Gasteiger partial charge in [0.1, 0.15) is 0 Å². The summed E-state index contributed by atoms with van der Waals surface area (Å²) in [6.07, 6.45) is 21.0. The lowest BCUT2D eigenvalue weighted by Gasteiger charge is -2.03. The summed E-state index contributed by atoms with van der Waals surface area (Å²) >= 11 is 0. The van der Waals surface area contributed by atoms with Crippen molar-refractivity contribution in [1.82, 2.24) is 0 Å². The van der Waals surface area contributed by atoms with Crippen LogP contribution in [0.3, 0.4) is 0 Å². The van der Waals surface area contributed by atoms with Gasteiger partial charge in [-0.15, -0.1) is 0 Å².